The molecule has 156 valence electrons. The highest BCUT2D eigenvalue weighted by molar-refractivity contribution is 6.30. The van der Waals surface area contributed by atoms with E-state index >= 15 is 0 Å². The third-order valence-electron chi connectivity index (χ3n) is 4.04. The molecule has 1 heterocycles. The summed E-state index contributed by atoms with van der Waals surface area (Å²) in [6.45, 7) is 2.50. The van der Waals surface area contributed by atoms with Gasteiger partial charge in [0.15, 0.2) is 11.5 Å². The summed E-state index contributed by atoms with van der Waals surface area (Å²) in [5, 5.41) is 8.88. The third kappa shape index (κ3) is 5.61. The minimum Gasteiger partial charge on any atom is -0.487 e. The molecule has 8 heteroatoms. The van der Waals surface area contributed by atoms with Crippen molar-refractivity contribution in [1.82, 2.24) is 5.16 Å². The summed E-state index contributed by atoms with van der Waals surface area (Å²) in [7, 11) is 1.33. The van der Waals surface area contributed by atoms with Crippen LogP contribution in [0.2, 0.25) is 5.02 Å². The van der Waals surface area contributed by atoms with Gasteiger partial charge in [0.05, 0.1) is 12.7 Å². The van der Waals surface area contributed by atoms with E-state index in [1.54, 1.807) is 42.5 Å². The monoisotopic (exact) mass is 428 g/mol. The summed E-state index contributed by atoms with van der Waals surface area (Å²) in [4.78, 5) is 17.0. The first-order chi connectivity index (χ1) is 14.6. The normalized spacial score (nSPS) is 11.2. The van der Waals surface area contributed by atoms with Crippen molar-refractivity contribution in [3.63, 3.8) is 0 Å². The Morgan fingerprint density at radius 1 is 1.17 bits per heavy atom. The average molecular weight is 429 g/mol. The van der Waals surface area contributed by atoms with Crippen LogP contribution in [0.1, 0.15) is 29.5 Å². The van der Waals surface area contributed by atoms with Crippen molar-refractivity contribution in [2.75, 3.05) is 20.3 Å². The molecule has 0 saturated heterocycles. The van der Waals surface area contributed by atoms with Gasteiger partial charge in [-0.2, -0.15) is 0 Å². The van der Waals surface area contributed by atoms with E-state index in [1.165, 1.54) is 7.11 Å². The summed E-state index contributed by atoms with van der Waals surface area (Å²) in [6, 6.07) is 15.7. The van der Waals surface area contributed by atoms with Gasteiger partial charge in [-0.1, -0.05) is 47.0 Å². The lowest BCUT2D eigenvalue weighted by atomic mass is 10.1. The van der Waals surface area contributed by atoms with Crippen LogP contribution in [-0.4, -0.2) is 37.2 Å². The molecule has 3 rings (SSSR count). The Balaban J connectivity index is 1.78. The summed E-state index contributed by atoms with van der Waals surface area (Å²) in [5.74, 6) is 0.460. The number of hydrogen-bond donors (Lipinski definition) is 0. The molecular weight excluding hydrogens is 408 g/mol. The van der Waals surface area contributed by atoms with Gasteiger partial charge in [-0.3, -0.25) is 0 Å². The lowest BCUT2D eigenvalue weighted by Gasteiger charge is -2.08. The maximum atomic E-state index is 11.7. The quantitative estimate of drug-likeness (QED) is 0.206. The Labute approximate surface area is 179 Å². The topological polar surface area (TPSA) is 83.2 Å². The number of methoxy groups -OCH3 is 1. The molecule has 7 nitrogen and oxygen atoms in total. The predicted molar refractivity (Wildman–Crippen MR) is 113 cm³/mol. The van der Waals surface area contributed by atoms with Crippen molar-refractivity contribution in [2.45, 2.75) is 13.3 Å². The number of aromatic nitrogens is 1. The van der Waals surface area contributed by atoms with E-state index in [0.29, 0.717) is 40.1 Å². The highest BCUT2D eigenvalue weighted by atomic mass is 35.5. The zero-order valence-corrected chi connectivity index (χ0v) is 17.4. The highest BCUT2D eigenvalue weighted by Gasteiger charge is 2.15. The van der Waals surface area contributed by atoms with Crippen molar-refractivity contribution in [3.05, 3.63) is 70.9 Å². The molecule has 0 radical (unpaired) electrons. The van der Waals surface area contributed by atoms with Crippen LogP contribution in [0.5, 0.6) is 5.75 Å². The molecule has 0 unspecified atom stereocenters. The van der Waals surface area contributed by atoms with E-state index in [1.807, 2.05) is 19.1 Å². The summed E-state index contributed by atoms with van der Waals surface area (Å²) < 4.78 is 16.0. The molecule has 0 atom stereocenters. The maximum absolute atomic E-state index is 11.7. The molecule has 0 aliphatic rings. The van der Waals surface area contributed by atoms with Gasteiger partial charge in [-0.05, 0) is 36.8 Å². The van der Waals surface area contributed by atoms with Gasteiger partial charge in [0, 0.05) is 16.7 Å². The van der Waals surface area contributed by atoms with E-state index in [0.717, 1.165) is 12.0 Å². The van der Waals surface area contributed by atoms with Crippen LogP contribution in [0.15, 0.2) is 64.3 Å². The fourth-order valence-electron chi connectivity index (χ4n) is 2.51. The maximum Gasteiger partial charge on any atom is 0.337 e. The fourth-order valence-corrected chi connectivity index (χ4v) is 2.63. The number of benzene rings is 2. The second-order valence-corrected chi connectivity index (χ2v) is 6.70. The fraction of sp³-hybridized carbons (Fsp3) is 0.227. The van der Waals surface area contributed by atoms with Gasteiger partial charge >= 0.3 is 5.97 Å². The summed E-state index contributed by atoms with van der Waals surface area (Å²) in [6.07, 6.45) is 0.811. The molecule has 0 saturated carbocycles. The largest absolute Gasteiger partial charge is 0.487 e. The smallest absolute Gasteiger partial charge is 0.337 e. The van der Waals surface area contributed by atoms with Gasteiger partial charge in [-0.25, -0.2) is 4.79 Å². The molecule has 0 aliphatic carbocycles. The van der Waals surface area contributed by atoms with Crippen molar-refractivity contribution in [2.24, 2.45) is 5.16 Å². The number of nitrogens with zero attached hydrogens (tertiary/aromatic N) is 2. The number of halogens is 1. The van der Waals surface area contributed by atoms with Crippen LogP contribution in [0.3, 0.4) is 0 Å². The minimum absolute atomic E-state index is 0.0591. The predicted octanol–water partition coefficient (Wildman–Crippen LogP) is 4.99. The van der Waals surface area contributed by atoms with Crippen molar-refractivity contribution < 1.29 is 23.6 Å². The minimum atomic E-state index is -0.441. The number of carbonyl (C=O) groups excluding carboxylic acids is 1. The summed E-state index contributed by atoms with van der Waals surface area (Å²) in [5.41, 5.74) is 2.31. The average Bonchev–Trinajstić information content (AvgIpc) is 3.26. The van der Waals surface area contributed by atoms with E-state index < -0.39 is 5.97 Å². The SMILES string of the molecule is CCCON=C(COc1cccc(C(=O)OC)c1)c1cc(-c2ccc(Cl)cc2)no1. The molecule has 0 bridgehead atoms. The zero-order chi connectivity index (χ0) is 21.3. The lowest BCUT2D eigenvalue weighted by Crippen LogP contribution is -2.13. The zero-order valence-electron chi connectivity index (χ0n) is 16.6. The Kier molecular flexibility index (Phi) is 7.45. The van der Waals surface area contributed by atoms with Crippen LogP contribution in [0.25, 0.3) is 11.3 Å². The van der Waals surface area contributed by atoms with E-state index in [2.05, 4.69) is 10.3 Å². The first kappa shape index (κ1) is 21.4. The van der Waals surface area contributed by atoms with Gasteiger partial charge in [0.1, 0.15) is 24.7 Å². The number of oxime groups is 1. The molecule has 0 spiro atoms. The highest BCUT2D eigenvalue weighted by Crippen LogP contribution is 2.22. The number of esters is 1. The molecule has 30 heavy (non-hydrogen) atoms. The second-order valence-electron chi connectivity index (χ2n) is 6.26. The molecule has 2 aromatic carbocycles. The lowest BCUT2D eigenvalue weighted by molar-refractivity contribution is 0.0600. The van der Waals surface area contributed by atoms with Gasteiger partial charge < -0.3 is 18.8 Å². The van der Waals surface area contributed by atoms with Crippen molar-refractivity contribution in [1.29, 1.82) is 0 Å². The Bertz CT molecular complexity index is 1010. The Morgan fingerprint density at radius 3 is 2.70 bits per heavy atom. The van der Waals surface area contributed by atoms with Crippen LogP contribution in [0.4, 0.5) is 0 Å². The van der Waals surface area contributed by atoms with E-state index in [-0.39, 0.29) is 6.61 Å². The van der Waals surface area contributed by atoms with Gasteiger partial charge in [0.25, 0.3) is 0 Å². The molecule has 0 fully saturated rings. The number of rotatable bonds is 9. The molecule has 0 aliphatic heterocycles. The Morgan fingerprint density at radius 2 is 1.97 bits per heavy atom. The molecule has 1 aromatic heterocycles. The van der Waals surface area contributed by atoms with Crippen LogP contribution >= 0.6 is 11.6 Å². The van der Waals surface area contributed by atoms with Crippen LogP contribution in [-0.2, 0) is 9.57 Å². The van der Waals surface area contributed by atoms with Gasteiger partial charge in [0.2, 0.25) is 0 Å². The van der Waals surface area contributed by atoms with Crippen molar-refractivity contribution in [3.8, 4) is 17.0 Å². The van der Waals surface area contributed by atoms with Crippen molar-refractivity contribution >= 4 is 23.3 Å². The number of hydrogen-bond acceptors (Lipinski definition) is 7. The van der Waals surface area contributed by atoms with Crippen LogP contribution in [0, 0.1) is 0 Å². The number of carbonyl (C=O) groups is 1. The van der Waals surface area contributed by atoms with E-state index in [9.17, 15) is 4.79 Å². The molecule has 0 amide bonds. The molecular formula is C22H21ClN2O5. The Hall–Kier alpha value is -3.32. The van der Waals surface area contributed by atoms with Crippen LogP contribution < -0.4 is 4.74 Å². The molecule has 3 aromatic rings. The standard InChI is InChI=1S/C22H21ClN2O5/c1-3-11-29-24-20(14-28-18-6-4-5-16(12-18)22(26)27-2)21-13-19(25-30-21)15-7-9-17(23)10-8-15/h4-10,12-13H,3,11,14H2,1-2H3. The third-order valence-corrected chi connectivity index (χ3v) is 4.29. The second kappa shape index (κ2) is 10.5. The summed E-state index contributed by atoms with van der Waals surface area (Å²) >= 11 is 5.94. The first-order valence-electron chi connectivity index (χ1n) is 9.33. The number of ether oxygens (including phenoxy) is 2. The molecule has 0 N–H and O–H groups in total. The van der Waals surface area contributed by atoms with Gasteiger partial charge in [-0.15, -0.1) is 0 Å². The van der Waals surface area contributed by atoms with E-state index in [4.69, 9.17) is 30.4 Å². The first-order valence-corrected chi connectivity index (χ1v) is 9.71.